The molecule has 0 heterocycles. The van der Waals surface area contributed by atoms with Crippen molar-refractivity contribution >= 4 is 24.2 Å². The van der Waals surface area contributed by atoms with Gasteiger partial charge in [0.2, 0.25) is 0 Å². The molecule has 0 aliphatic rings. The van der Waals surface area contributed by atoms with E-state index in [0.29, 0.717) is 11.1 Å². The van der Waals surface area contributed by atoms with Gasteiger partial charge in [0.15, 0.2) is 8.32 Å². The molecular formula is C10H23BrOSi. The highest BCUT2D eigenvalue weighted by molar-refractivity contribution is 9.09. The molecule has 0 aromatic rings. The van der Waals surface area contributed by atoms with E-state index in [2.05, 4.69) is 56.7 Å². The van der Waals surface area contributed by atoms with Gasteiger partial charge in [-0.1, -0.05) is 43.6 Å². The van der Waals surface area contributed by atoms with Crippen molar-refractivity contribution < 1.29 is 4.43 Å². The molecule has 80 valence electrons. The number of alkyl halides is 1. The molecule has 1 nitrogen and oxygen atoms in total. The fourth-order valence-electron chi connectivity index (χ4n) is 0.817. The monoisotopic (exact) mass is 266 g/mol. The van der Waals surface area contributed by atoms with E-state index in [0.717, 1.165) is 11.8 Å². The van der Waals surface area contributed by atoms with Crippen molar-refractivity contribution in [2.75, 3.05) is 5.33 Å². The fraction of sp³-hybridized carbons (Fsp3) is 1.00. The smallest absolute Gasteiger partial charge is 0.192 e. The minimum absolute atomic E-state index is 0.322. The lowest BCUT2D eigenvalue weighted by atomic mass is 10.2. The molecule has 1 atom stereocenters. The lowest BCUT2D eigenvalue weighted by Crippen LogP contribution is -2.44. The first-order valence-electron chi connectivity index (χ1n) is 4.98. The Labute approximate surface area is 92.5 Å². The van der Waals surface area contributed by atoms with Gasteiger partial charge in [0.1, 0.15) is 0 Å². The molecule has 0 bridgehead atoms. The lowest BCUT2D eigenvalue weighted by Gasteiger charge is -2.38. The average molecular weight is 267 g/mol. The molecule has 0 amide bonds. The van der Waals surface area contributed by atoms with Crippen molar-refractivity contribution in [3.05, 3.63) is 0 Å². The molecule has 0 aromatic carbocycles. The van der Waals surface area contributed by atoms with Crippen molar-refractivity contribution in [3.8, 4) is 0 Å². The third-order valence-electron chi connectivity index (χ3n) is 2.89. The third-order valence-corrected chi connectivity index (χ3v) is 8.15. The Morgan fingerprint density at radius 3 is 2.00 bits per heavy atom. The van der Waals surface area contributed by atoms with Crippen LogP contribution in [0.4, 0.5) is 0 Å². The number of hydrogen-bond acceptors (Lipinski definition) is 1. The lowest BCUT2D eigenvalue weighted by molar-refractivity contribution is 0.200. The third kappa shape index (κ3) is 4.13. The Morgan fingerprint density at radius 2 is 1.77 bits per heavy atom. The molecule has 0 unspecified atom stereocenters. The number of hydrogen-bond donors (Lipinski definition) is 0. The van der Waals surface area contributed by atoms with Gasteiger partial charge in [-0.05, 0) is 24.6 Å². The van der Waals surface area contributed by atoms with Crippen LogP contribution in [0.15, 0.2) is 0 Å². The molecule has 0 rings (SSSR count). The van der Waals surface area contributed by atoms with Gasteiger partial charge in [-0.3, -0.25) is 0 Å². The molecule has 0 N–H and O–H groups in total. The highest BCUT2D eigenvalue weighted by Gasteiger charge is 2.38. The zero-order chi connectivity index (χ0) is 10.7. The molecule has 0 fully saturated rings. The van der Waals surface area contributed by atoms with Gasteiger partial charge in [-0.15, -0.1) is 0 Å². The first-order valence-corrected chi connectivity index (χ1v) is 9.01. The van der Waals surface area contributed by atoms with Gasteiger partial charge in [-0.25, -0.2) is 0 Å². The molecular weight excluding hydrogens is 244 g/mol. The summed E-state index contributed by atoms with van der Waals surface area (Å²) in [4.78, 5) is 0. The van der Waals surface area contributed by atoms with E-state index in [9.17, 15) is 0 Å². The van der Waals surface area contributed by atoms with Crippen molar-refractivity contribution in [1.29, 1.82) is 0 Å². The molecule has 0 spiro atoms. The van der Waals surface area contributed by atoms with Crippen LogP contribution in [0.2, 0.25) is 18.1 Å². The summed E-state index contributed by atoms with van der Waals surface area (Å²) in [6.45, 7) is 13.6. The summed E-state index contributed by atoms with van der Waals surface area (Å²) in [5.41, 5.74) is 0. The average Bonchev–Trinajstić information content (AvgIpc) is 1.98. The maximum atomic E-state index is 6.19. The first-order chi connectivity index (χ1) is 5.74. The Balaban J connectivity index is 4.31. The van der Waals surface area contributed by atoms with Crippen LogP contribution in [0.25, 0.3) is 0 Å². The van der Waals surface area contributed by atoms with E-state index in [-0.39, 0.29) is 0 Å². The molecule has 13 heavy (non-hydrogen) atoms. The van der Waals surface area contributed by atoms with Gasteiger partial charge in [-0.2, -0.15) is 0 Å². The van der Waals surface area contributed by atoms with Crippen LogP contribution in [0.1, 0.15) is 34.1 Å². The topological polar surface area (TPSA) is 9.23 Å². The highest BCUT2D eigenvalue weighted by Crippen LogP contribution is 2.37. The summed E-state index contributed by atoms with van der Waals surface area (Å²) in [6.07, 6.45) is 1.48. The van der Waals surface area contributed by atoms with Crippen LogP contribution in [-0.4, -0.2) is 19.8 Å². The first kappa shape index (κ1) is 13.7. The van der Waals surface area contributed by atoms with Gasteiger partial charge in [0, 0.05) is 5.33 Å². The Hall–Kier alpha value is 0.657. The summed E-state index contributed by atoms with van der Waals surface area (Å²) in [7, 11) is -1.54. The fourth-order valence-corrected chi connectivity index (χ4v) is 3.09. The van der Waals surface area contributed by atoms with Crippen molar-refractivity contribution in [2.24, 2.45) is 0 Å². The Morgan fingerprint density at radius 1 is 1.31 bits per heavy atom. The standard InChI is InChI=1S/C10H23BrOSi/c1-7-9(8-11)12-13(5,6)10(2,3)4/h9H,7-8H2,1-6H3/t9-/m0/s1. The summed E-state index contributed by atoms with van der Waals surface area (Å²) >= 11 is 3.49. The molecule has 0 aliphatic carbocycles. The molecule has 0 aliphatic heterocycles. The minimum Gasteiger partial charge on any atom is -0.413 e. The molecule has 0 saturated carbocycles. The largest absolute Gasteiger partial charge is 0.413 e. The number of rotatable bonds is 4. The van der Waals surface area contributed by atoms with E-state index in [1.165, 1.54) is 0 Å². The summed E-state index contributed by atoms with van der Waals surface area (Å²) < 4.78 is 6.19. The van der Waals surface area contributed by atoms with E-state index in [1.54, 1.807) is 0 Å². The summed E-state index contributed by atoms with van der Waals surface area (Å²) in [5.74, 6) is 0. The van der Waals surface area contributed by atoms with Crippen molar-refractivity contribution in [2.45, 2.75) is 58.4 Å². The van der Waals surface area contributed by atoms with E-state index >= 15 is 0 Å². The van der Waals surface area contributed by atoms with E-state index in [4.69, 9.17) is 4.43 Å². The maximum absolute atomic E-state index is 6.19. The minimum atomic E-state index is -1.54. The van der Waals surface area contributed by atoms with Crippen LogP contribution in [0.3, 0.4) is 0 Å². The van der Waals surface area contributed by atoms with Gasteiger partial charge in [0.25, 0.3) is 0 Å². The summed E-state index contributed by atoms with van der Waals surface area (Å²) in [5, 5.41) is 1.28. The van der Waals surface area contributed by atoms with Crippen molar-refractivity contribution in [3.63, 3.8) is 0 Å². The van der Waals surface area contributed by atoms with Crippen LogP contribution in [-0.2, 0) is 4.43 Å². The van der Waals surface area contributed by atoms with Crippen LogP contribution >= 0.6 is 15.9 Å². The van der Waals surface area contributed by atoms with Gasteiger partial charge >= 0.3 is 0 Å². The van der Waals surface area contributed by atoms with Crippen molar-refractivity contribution in [1.82, 2.24) is 0 Å². The van der Waals surface area contributed by atoms with Crippen LogP contribution in [0, 0.1) is 0 Å². The molecule has 0 aromatic heterocycles. The summed E-state index contributed by atoms with van der Waals surface area (Å²) in [6, 6.07) is 0. The quantitative estimate of drug-likeness (QED) is 0.548. The zero-order valence-corrected chi connectivity index (χ0v) is 12.4. The molecule has 0 radical (unpaired) electrons. The Bertz CT molecular complexity index is 147. The molecule has 0 saturated heterocycles. The number of halogens is 1. The predicted octanol–water partition coefficient (Wildman–Crippen LogP) is 4.18. The predicted molar refractivity (Wildman–Crippen MR) is 66.2 cm³/mol. The second-order valence-electron chi connectivity index (χ2n) is 5.06. The van der Waals surface area contributed by atoms with Gasteiger partial charge in [0.05, 0.1) is 6.10 Å². The SMILES string of the molecule is CC[C@@H](CBr)O[Si](C)(C)C(C)(C)C. The van der Waals surface area contributed by atoms with E-state index < -0.39 is 8.32 Å². The molecule has 3 heteroatoms. The van der Waals surface area contributed by atoms with Crippen LogP contribution < -0.4 is 0 Å². The Kier molecular flexibility index (Phi) is 5.19. The van der Waals surface area contributed by atoms with Crippen LogP contribution in [0.5, 0.6) is 0 Å². The zero-order valence-electron chi connectivity index (χ0n) is 9.78. The highest BCUT2D eigenvalue weighted by atomic mass is 79.9. The normalized spacial score (nSPS) is 15.9. The van der Waals surface area contributed by atoms with Gasteiger partial charge < -0.3 is 4.43 Å². The second-order valence-corrected chi connectivity index (χ2v) is 10.5. The second kappa shape index (κ2) is 4.94. The van der Waals surface area contributed by atoms with E-state index in [1.807, 2.05) is 0 Å². The maximum Gasteiger partial charge on any atom is 0.192 e.